The molecule has 0 aliphatic carbocycles. The van der Waals surface area contributed by atoms with Crippen LogP contribution in [0.3, 0.4) is 0 Å². The van der Waals surface area contributed by atoms with Gasteiger partial charge in [0.05, 0.1) is 49.0 Å². The lowest BCUT2D eigenvalue weighted by molar-refractivity contribution is -0.137. The van der Waals surface area contributed by atoms with Gasteiger partial charge in [0.2, 0.25) is 0 Å². The molecule has 6 nitrogen and oxygen atoms in total. The molecule has 0 aromatic rings. The average molecular weight is 322 g/mol. The summed E-state index contributed by atoms with van der Waals surface area (Å²) in [5.41, 5.74) is 0. The molecule has 0 radical (unpaired) electrons. The van der Waals surface area contributed by atoms with Crippen molar-refractivity contribution < 1.29 is 29.7 Å². The molecular weight excluding hydrogens is 306 g/mol. The number of carboxylic acids is 3. The Kier molecular flexibility index (Phi) is 10.3. The average Bonchev–Trinajstić information content (AvgIpc) is 2.21. The van der Waals surface area contributed by atoms with Crippen LogP contribution in [-0.4, -0.2) is 51.7 Å². The lowest BCUT2D eigenvalue weighted by atomic mass is 10.5. The molecular formula is C9H16Cl2O6P+. The van der Waals surface area contributed by atoms with Gasteiger partial charge in [-0.15, -0.1) is 12.4 Å². The molecule has 0 atom stereocenters. The molecule has 0 aliphatic heterocycles. The van der Waals surface area contributed by atoms with E-state index in [-0.39, 0.29) is 50.2 Å². The quantitative estimate of drug-likeness (QED) is 0.560. The van der Waals surface area contributed by atoms with Crippen molar-refractivity contribution in [1.29, 1.82) is 0 Å². The first kappa shape index (κ1) is 19.8. The highest BCUT2D eigenvalue weighted by Gasteiger charge is 2.37. The fraction of sp³-hybridized carbons (Fsp3) is 0.667. The zero-order valence-corrected chi connectivity index (χ0v) is 12.0. The van der Waals surface area contributed by atoms with Crippen molar-refractivity contribution in [2.45, 2.75) is 19.3 Å². The Balaban J connectivity index is 0. The van der Waals surface area contributed by atoms with Crippen LogP contribution in [0, 0.1) is 0 Å². The molecule has 0 fully saturated rings. The highest BCUT2D eigenvalue weighted by atomic mass is 35.7. The normalized spacial score (nSPS) is 10.5. The molecule has 0 rings (SSSR count). The zero-order chi connectivity index (χ0) is 13.5. The molecule has 106 valence electrons. The Labute approximate surface area is 116 Å². The first-order chi connectivity index (χ1) is 7.75. The van der Waals surface area contributed by atoms with E-state index in [4.69, 9.17) is 26.6 Å². The molecule has 0 bridgehead atoms. The molecule has 0 saturated carbocycles. The molecule has 0 saturated heterocycles. The molecule has 0 aliphatic rings. The van der Waals surface area contributed by atoms with Crippen LogP contribution in [0.2, 0.25) is 0 Å². The van der Waals surface area contributed by atoms with Gasteiger partial charge in [0.25, 0.3) is 0 Å². The minimum atomic E-state index is -2.30. The molecule has 0 aromatic heterocycles. The summed E-state index contributed by atoms with van der Waals surface area (Å²) in [7, 11) is 0. The van der Waals surface area contributed by atoms with Crippen molar-refractivity contribution >= 4 is 48.2 Å². The third-order valence-corrected chi connectivity index (χ3v) is 6.78. The predicted octanol–water partition coefficient (Wildman–Crippen LogP) is 2.00. The van der Waals surface area contributed by atoms with E-state index in [1.54, 1.807) is 0 Å². The van der Waals surface area contributed by atoms with Crippen LogP contribution in [0.5, 0.6) is 0 Å². The van der Waals surface area contributed by atoms with E-state index in [9.17, 15) is 14.4 Å². The Morgan fingerprint density at radius 1 is 0.778 bits per heavy atom. The van der Waals surface area contributed by atoms with E-state index in [0.29, 0.717) is 0 Å². The van der Waals surface area contributed by atoms with E-state index in [2.05, 4.69) is 0 Å². The first-order valence-corrected chi connectivity index (χ1v) is 8.21. The van der Waals surface area contributed by atoms with Gasteiger partial charge in [-0.3, -0.25) is 14.4 Å². The number of aliphatic carboxylic acids is 3. The standard InChI is InChI=1S/C9H14ClO6P.ClH/c10-17(4-1-7(11)12,5-2-8(13)14)6-3-9(15)16;/h1-6H2,(H2-,11,12,13,14,15,16);1H/p+1. The molecule has 0 spiro atoms. The highest BCUT2D eigenvalue weighted by Crippen LogP contribution is 2.65. The van der Waals surface area contributed by atoms with E-state index in [1.807, 2.05) is 0 Å². The Bertz CT molecular complexity index is 264. The maximum absolute atomic E-state index is 10.4. The van der Waals surface area contributed by atoms with Crippen LogP contribution in [-0.2, 0) is 14.4 Å². The summed E-state index contributed by atoms with van der Waals surface area (Å²) in [4.78, 5) is 31.3. The van der Waals surface area contributed by atoms with Crippen LogP contribution in [0.4, 0.5) is 0 Å². The molecule has 3 N–H and O–H groups in total. The number of hydrogen-bond acceptors (Lipinski definition) is 3. The molecule has 9 heteroatoms. The van der Waals surface area contributed by atoms with Crippen LogP contribution >= 0.6 is 30.3 Å². The van der Waals surface area contributed by atoms with Crippen LogP contribution in [0.15, 0.2) is 0 Å². The fourth-order valence-electron chi connectivity index (χ4n) is 1.22. The van der Waals surface area contributed by atoms with E-state index in [0.717, 1.165) is 0 Å². The predicted molar refractivity (Wildman–Crippen MR) is 71.4 cm³/mol. The number of carbonyl (C=O) groups is 3. The minimum absolute atomic E-state index is 0. The van der Waals surface area contributed by atoms with E-state index >= 15 is 0 Å². The van der Waals surface area contributed by atoms with Crippen LogP contribution in [0.1, 0.15) is 19.3 Å². The smallest absolute Gasteiger partial charge is 0.307 e. The van der Waals surface area contributed by atoms with E-state index < -0.39 is 24.5 Å². The summed E-state index contributed by atoms with van der Waals surface area (Å²) >= 11 is 6.19. The van der Waals surface area contributed by atoms with Crippen molar-refractivity contribution in [3.05, 3.63) is 0 Å². The second kappa shape index (κ2) is 9.36. The van der Waals surface area contributed by atoms with Gasteiger partial charge in [-0.2, -0.15) is 0 Å². The van der Waals surface area contributed by atoms with Gasteiger partial charge in [0, 0.05) is 0 Å². The molecule has 18 heavy (non-hydrogen) atoms. The van der Waals surface area contributed by atoms with E-state index in [1.165, 1.54) is 0 Å². The number of hydrogen-bond donors (Lipinski definition) is 3. The summed E-state index contributed by atoms with van der Waals surface area (Å²) in [6.45, 7) is -2.30. The maximum atomic E-state index is 10.4. The zero-order valence-electron chi connectivity index (χ0n) is 9.54. The minimum Gasteiger partial charge on any atom is -0.481 e. The third kappa shape index (κ3) is 10.6. The van der Waals surface area contributed by atoms with Gasteiger partial charge in [-0.25, -0.2) is 0 Å². The van der Waals surface area contributed by atoms with Crippen molar-refractivity contribution in [3.63, 3.8) is 0 Å². The summed E-state index contributed by atoms with van der Waals surface area (Å²) in [6.07, 6.45) is 0.0445. The number of rotatable bonds is 9. The van der Waals surface area contributed by atoms with Crippen molar-refractivity contribution in [2.24, 2.45) is 0 Å². The lowest BCUT2D eigenvalue weighted by Crippen LogP contribution is -2.12. The third-order valence-electron chi connectivity index (χ3n) is 2.18. The van der Waals surface area contributed by atoms with Crippen molar-refractivity contribution in [2.75, 3.05) is 18.5 Å². The summed E-state index contributed by atoms with van der Waals surface area (Å²) in [5.74, 6) is -3.04. The number of carboxylic acid groups (broad SMARTS) is 3. The van der Waals surface area contributed by atoms with Gasteiger partial charge in [-0.1, -0.05) is 0 Å². The number of halogens is 2. The Morgan fingerprint density at radius 3 is 1.17 bits per heavy atom. The summed E-state index contributed by atoms with van der Waals surface area (Å²) < 4.78 is 0. The van der Waals surface area contributed by atoms with Gasteiger partial charge in [-0.05, 0) is 0 Å². The SMILES string of the molecule is Cl.O=C(O)CC[P+](Cl)(CCC(=O)O)CCC(=O)O. The van der Waals surface area contributed by atoms with Gasteiger partial charge in [0.1, 0.15) is 6.62 Å². The summed E-state index contributed by atoms with van der Waals surface area (Å²) in [5, 5.41) is 25.7. The van der Waals surface area contributed by atoms with Gasteiger partial charge in [0.15, 0.2) is 0 Å². The highest BCUT2D eigenvalue weighted by molar-refractivity contribution is 7.99. The second-order valence-corrected chi connectivity index (χ2v) is 9.18. The van der Waals surface area contributed by atoms with Crippen molar-refractivity contribution in [3.8, 4) is 0 Å². The molecule has 0 heterocycles. The lowest BCUT2D eigenvalue weighted by Gasteiger charge is -2.16. The van der Waals surface area contributed by atoms with Gasteiger partial charge >= 0.3 is 17.9 Å². The largest absolute Gasteiger partial charge is 0.481 e. The Hall–Kier alpha value is -0.580. The topological polar surface area (TPSA) is 112 Å². The molecule has 0 aromatic carbocycles. The van der Waals surface area contributed by atoms with Crippen molar-refractivity contribution in [1.82, 2.24) is 0 Å². The van der Waals surface area contributed by atoms with Crippen LogP contribution < -0.4 is 0 Å². The summed E-state index contributed by atoms with van der Waals surface area (Å²) in [6, 6.07) is 0. The monoisotopic (exact) mass is 321 g/mol. The van der Waals surface area contributed by atoms with Gasteiger partial charge < -0.3 is 15.3 Å². The second-order valence-electron chi connectivity index (χ2n) is 3.63. The molecule has 0 amide bonds. The Morgan fingerprint density at radius 2 is 1.00 bits per heavy atom. The first-order valence-electron chi connectivity index (χ1n) is 4.96. The fourth-order valence-corrected chi connectivity index (χ4v) is 4.43. The van der Waals surface area contributed by atoms with Crippen LogP contribution in [0.25, 0.3) is 0 Å². The maximum Gasteiger partial charge on any atom is 0.307 e. The molecule has 0 unspecified atom stereocenters.